The predicted octanol–water partition coefficient (Wildman–Crippen LogP) is 0.400. The van der Waals surface area contributed by atoms with Gasteiger partial charge in [0.05, 0.1) is 32.6 Å². The molecule has 66 heavy (non-hydrogen) atoms. The average Bonchev–Trinajstić information content (AvgIpc) is 3.89. The minimum absolute atomic E-state index is 0.00380. The monoisotopic (exact) mass is 834 g/mol. The molecule has 0 N–H and O–H groups in total. The van der Waals surface area contributed by atoms with Gasteiger partial charge in [0.1, 0.15) is 78.5 Å². The van der Waals surface area contributed by atoms with Crippen LogP contribution in [0.25, 0.3) is 105 Å². The molecule has 0 fully saturated rings. The van der Waals surface area contributed by atoms with E-state index in [2.05, 4.69) is 41.0 Å². The number of rotatable bonds is 6. The van der Waals surface area contributed by atoms with Crippen molar-refractivity contribution in [2.24, 2.45) is 0 Å². The van der Waals surface area contributed by atoms with E-state index in [9.17, 15) is 0 Å². The maximum Gasteiger partial charge on any atom is 0.166 e. The lowest BCUT2D eigenvalue weighted by molar-refractivity contribution is 1.07. The van der Waals surface area contributed by atoms with Gasteiger partial charge in [0.15, 0.2) is 23.3 Å². The van der Waals surface area contributed by atoms with Gasteiger partial charge in [-0.3, -0.25) is 0 Å². The van der Waals surface area contributed by atoms with Gasteiger partial charge >= 0.3 is 0 Å². The van der Waals surface area contributed by atoms with Crippen LogP contribution in [-0.4, -0.2) is 108 Å². The number of para-hydroxylation sites is 2. The Kier molecular flexibility index (Phi) is 10.2. The van der Waals surface area contributed by atoms with Crippen LogP contribution in [0.1, 0.15) is 0 Å². The summed E-state index contributed by atoms with van der Waals surface area (Å²) in [6, 6.07) is 40.5. The maximum absolute atomic E-state index is 6.69. The van der Waals surface area contributed by atoms with E-state index in [0.717, 1.165) is 53.4 Å². The molecule has 0 saturated heterocycles. The van der Waals surface area contributed by atoms with Crippen LogP contribution in [0, 0.1) is 0 Å². The number of hydrogen-bond donors (Lipinski definition) is 0. The number of thiophene rings is 1. The number of aromatic nitrogens is 6. The summed E-state index contributed by atoms with van der Waals surface area (Å²) in [7, 11) is 65.0. The van der Waals surface area contributed by atoms with Crippen LogP contribution in [0.4, 0.5) is 0 Å². The highest BCUT2D eigenvalue weighted by Gasteiger charge is 2.25. The van der Waals surface area contributed by atoms with Crippen molar-refractivity contribution in [3.8, 4) is 62.5 Å². The zero-order valence-electron chi connectivity index (χ0n) is 34.9. The summed E-state index contributed by atoms with van der Waals surface area (Å²) in [4.78, 5) is 25.7. The Labute approximate surface area is 397 Å². The van der Waals surface area contributed by atoms with Gasteiger partial charge in [-0.1, -0.05) is 107 Å². The summed E-state index contributed by atoms with van der Waals surface area (Å²) in [5.41, 5.74) is 6.51. The molecule has 4 aromatic heterocycles. The fraction of sp³-hybridized carbons (Fsp3) is 0. The van der Waals surface area contributed by atoms with Crippen molar-refractivity contribution in [1.29, 1.82) is 0 Å². The van der Waals surface area contributed by atoms with Gasteiger partial charge in [-0.05, 0) is 36.4 Å². The lowest BCUT2D eigenvalue weighted by Gasteiger charge is -2.23. The third-order valence-corrected chi connectivity index (χ3v) is 13.2. The summed E-state index contributed by atoms with van der Waals surface area (Å²) in [5.74, 6) is 0.557. The zero-order valence-corrected chi connectivity index (χ0v) is 35.7. The molecule has 7 aromatic carbocycles. The van der Waals surface area contributed by atoms with Crippen LogP contribution >= 0.6 is 11.3 Å². The number of nitrogens with zero attached hydrogens (tertiary/aromatic N) is 6. The van der Waals surface area contributed by atoms with Crippen LogP contribution in [0.5, 0.6) is 0 Å². The number of hydrogen-bond acceptors (Lipinski definition) is 6. The van der Waals surface area contributed by atoms with Crippen LogP contribution < -0.4 is 54.6 Å². The molecule has 17 heteroatoms. The third-order valence-electron chi connectivity index (χ3n) is 12.1. The lowest BCUT2D eigenvalue weighted by Crippen LogP contribution is -2.55. The topological polar surface area (TPSA) is 69.4 Å². The highest BCUT2D eigenvalue weighted by Crippen LogP contribution is 2.41. The van der Waals surface area contributed by atoms with Crippen LogP contribution in [-0.2, 0) is 0 Å². The van der Waals surface area contributed by atoms with Crippen molar-refractivity contribution in [2.75, 3.05) is 0 Å². The minimum atomic E-state index is -0.0245. The SMILES string of the molecule is [B]c1c([B])c([B])c(-c2nc(-c3cc(-c4nc(-c5ccccc5)c5sc6ccccc6c5n4)ccc3-n3c4ccccc4c4ccccc43)nc(-c3c([B])c([B])c([B])c([B])c3[B])n2)c([B])c1[B]. The highest BCUT2D eigenvalue weighted by atomic mass is 32.1. The average molecular weight is 833 g/mol. The maximum atomic E-state index is 6.69. The highest BCUT2D eigenvalue weighted by molar-refractivity contribution is 7.26. The lowest BCUT2D eigenvalue weighted by atomic mass is 9.60. The van der Waals surface area contributed by atoms with Crippen molar-refractivity contribution in [3.63, 3.8) is 0 Å². The Morgan fingerprint density at radius 3 is 1.41 bits per heavy atom. The van der Waals surface area contributed by atoms with Gasteiger partial charge in [0.25, 0.3) is 0 Å². The van der Waals surface area contributed by atoms with Crippen LogP contribution in [0.2, 0.25) is 0 Å². The molecule has 11 aromatic rings. The standard InChI is InChI=1S/C49H20B10N6S/c50-33-31(34(51)38(55)41(58)37(33)54)48-62-47(63-49(64-48)32-35(52)39(56)42(59)40(57)36(32)53)26-20-22(18-19-29(26)65-27-15-7-4-12-23(27)24-13-5-8-16-28(24)65)46-60-43(21-10-2-1-3-11-21)45-44(61-46)25-14-6-9-17-30(25)66-45/h1-20H. The van der Waals surface area contributed by atoms with Gasteiger partial charge in [0, 0.05) is 48.7 Å². The molecule has 0 aliphatic heterocycles. The van der Waals surface area contributed by atoms with Gasteiger partial charge in [0.2, 0.25) is 0 Å². The van der Waals surface area contributed by atoms with E-state index in [1.165, 1.54) is 0 Å². The zero-order chi connectivity index (χ0) is 45.7. The smallest absolute Gasteiger partial charge is 0.166 e. The Balaban J connectivity index is 1.27. The first kappa shape index (κ1) is 42.0. The number of fused-ring (bicyclic) bond motifs is 6. The van der Waals surface area contributed by atoms with E-state index in [4.69, 9.17) is 103 Å². The number of benzene rings is 7. The second-order valence-corrected chi connectivity index (χ2v) is 16.9. The fourth-order valence-electron chi connectivity index (χ4n) is 8.64. The molecule has 0 aliphatic rings. The summed E-state index contributed by atoms with van der Waals surface area (Å²) >= 11 is 1.65. The first-order chi connectivity index (χ1) is 31.9. The molecule has 11 rings (SSSR count). The molecule has 282 valence electrons. The first-order valence-corrected chi connectivity index (χ1v) is 21.4. The summed E-state index contributed by atoms with van der Waals surface area (Å²) < 4.78 is 4.21. The Morgan fingerprint density at radius 1 is 0.379 bits per heavy atom. The molecule has 0 atom stereocenters. The molecule has 6 nitrogen and oxygen atoms in total. The first-order valence-electron chi connectivity index (χ1n) is 20.6. The molecule has 0 aliphatic carbocycles. The summed E-state index contributed by atoms with van der Waals surface area (Å²) in [6.45, 7) is 0. The molecular weight excluding hydrogens is 813 g/mol. The van der Waals surface area contributed by atoms with E-state index >= 15 is 0 Å². The fourth-order valence-corrected chi connectivity index (χ4v) is 9.80. The van der Waals surface area contributed by atoms with Crippen molar-refractivity contribution >= 4 is 187 Å². The van der Waals surface area contributed by atoms with Crippen molar-refractivity contribution < 1.29 is 0 Å². The van der Waals surface area contributed by atoms with Crippen molar-refractivity contribution in [3.05, 3.63) is 121 Å². The summed E-state index contributed by atoms with van der Waals surface area (Å²) in [6.07, 6.45) is 0. The molecular formula is C49H20B10N6S. The summed E-state index contributed by atoms with van der Waals surface area (Å²) in [5, 5.41) is 3.08. The van der Waals surface area contributed by atoms with E-state index < -0.39 is 0 Å². The molecule has 0 spiro atoms. The van der Waals surface area contributed by atoms with Gasteiger partial charge in [-0.2, -0.15) is 0 Å². The Hall–Kier alpha value is -6.70. The normalized spacial score (nSPS) is 11.6. The second kappa shape index (κ2) is 16.0. The molecule has 0 amide bonds. The van der Waals surface area contributed by atoms with Crippen LogP contribution in [0.15, 0.2) is 121 Å². The largest absolute Gasteiger partial charge is 0.309 e. The molecule has 0 bridgehead atoms. The van der Waals surface area contributed by atoms with Crippen molar-refractivity contribution in [1.82, 2.24) is 29.5 Å². The predicted molar refractivity (Wildman–Crippen MR) is 284 cm³/mol. The Morgan fingerprint density at radius 2 is 0.848 bits per heavy atom. The van der Waals surface area contributed by atoms with Gasteiger partial charge in [-0.15, -0.1) is 44.1 Å². The van der Waals surface area contributed by atoms with E-state index in [1.807, 2.05) is 84.9 Å². The van der Waals surface area contributed by atoms with E-state index in [1.54, 1.807) is 11.3 Å². The minimum Gasteiger partial charge on any atom is -0.309 e. The molecule has 0 saturated carbocycles. The third kappa shape index (κ3) is 6.49. The van der Waals surface area contributed by atoms with Gasteiger partial charge in [-0.25, -0.2) is 24.9 Å². The molecule has 0 unspecified atom stereocenters. The van der Waals surface area contributed by atoms with E-state index in [-0.39, 0.29) is 83.2 Å². The second-order valence-electron chi connectivity index (χ2n) is 15.8. The molecule has 4 heterocycles. The quantitative estimate of drug-likeness (QED) is 0.228. The van der Waals surface area contributed by atoms with Crippen molar-refractivity contribution in [2.45, 2.75) is 0 Å². The van der Waals surface area contributed by atoms with Gasteiger partial charge < -0.3 is 4.57 Å². The van der Waals surface area contributed by atoms with E-state index in [0.29, 0.717) is 22.6 Å². The molecule has 20 radical (unpaired) electrons. The Bertz CT molecular complexity index is 3660. The van der Waals surface area contributed by atoms with Crippen LogP contribution in [0.3, 0.4) is 0 Å².